The molecule has 0 saturated carbocycles. The summed E-state index contributed by atoms with van der Waals surface area (Å²) in [7, 11) is 1.76. The molecule has 3 aromatic rings. The Morgan fingerprint density at radius 3 is 2.38 bits per heavy atom. The summed E-state index contributed by atoms with van der Waals surface area (Å²) < 4.78 is 0. The van der Waals surface area contributed by atoms with Crippen molar-refractivity contribution in [2.75, 3.05) is 7.05 Å². The van der Waals surface area contributed by atoms with Crippen LogP contribution in [0.5, 0.6) is 0 Å². The molecule has 2 N–H and O–H groups in total. The first kappa shape index (κ1) is 18.0. The summed E-state index contributed by atoms with van der Waals surface area (Å²) in [6, 6.07) is 22.1. The number of benzene rings is 2. The molecule has 26 heavy (non-hydrogen) atoms. The summed E-state index contributed by atoms with van der Waals surface area (Å²) in [6.07, 6.45) is 1.79. The lowest BCUT2D eigenvalue weighted by Gasteiger charge is -2.14. The summed E-state index contributed by atoms with van der Waals surface area (Å²) in [6.45, 7) is 1.29. The number of aromatic nitrogens is 1. The highest BCUT2D eigenvalue weighted by atomic mass is 35.5. The molecule has 5 heteroatoms. The Balaban J connectivity index is 1.66. The first-order valence-corrected chi connectivity index (χ1v) is 8.82. The first-order chi connectivity index (χ1) is 12.8. The van der Waals surface area contributed by atoms with E-state index >= 15 is 0 Å². The minimum Gasteiger partial charge on any atom is -0.352 e. The standard InChI is InChI=1S/C21H21ClN4/c1-23-21(26-15-19-7-4-5-13-24-19)25-14-17-6-2-3-8-20(17)16-9-11-18(22)12-10-16/h2-13H,14-15H2,1H3,(H2,23,25,26). The van der Waals surface area contributed by atoms with Crippen LogP contribution < -0.4 is 10.6 Å². The predicted octanol–water partition coefficient (Wildman–Crippen LogP) is 4.27. The van der Waals surface area contributed by atoms with Crippen LogP contribution in [-0.2, 0) is 13.1 Å². The van der Waals surface area contributed by atoms with Crippen LogP contribution in [0.3, 0.4) is 0 Å². The van der Waals surface area contributed by atoms with E-state index in [0.717, 1.165) is 22.2 Å². The highest BCUT2D eigenvalue weighted by Gasteiger charge is 2.06. The van der Waals surface area contributed by atoms with Crippen LogP contribution in [0, 0.1) is 0 Å². The molecule has 0 saturated heterocycles. The van der Waals surface area contributed by atoms with Crippen LogP contribution in [0.4, 0.5) is 0 Å². The monoisotopic (exact) mass is 364 g/mol. The van der Waals surface area contributed by atoms with Gasteiger partial charge in [0.05, 0.1) is 12.2 Å². The van der Waals surface area contributed by atoms with Gasteiger partial charge in [0.25, 0.3) is 0 Å². The fraction of sp³-hybridized carbons (Fsp3) is 0.143. The normalized spacial score (nSPS) is 11.2. The zero-order chi connectivity index (χ0) is 18.2. The molecule has 2 aromatic carbocycles. The Bertz CT molecular complexity index is 861. The first-order valence-electron chi connectivity index (χ1n) is 8.44. The molecule has 0 fully saturated rings. The van der Waals surface area contributed by atoms with Gasteiger partial charge >= 0.3 is 0 Å². The van der Waals surface area contributed by atoms with E-state index in [4.69, 9.17) is 11.6 Å². The van der Waals surface area contributed by atoms with Crippen molar-refractivity contribution in [3.05, 3.63) is 89.2 Å². The average Bonchev–Trinajstić information content (AvgIpc) is 2.70. The third-order valence-corrected chi connectivity index (χ3v) is 4.26. The SMILES string of the molecule is CN=C(NCc1ccccn1)NCc1ccccc1-c1ccc(Cl)cc1. The molecule has 0 aliphatic heterocycles. The lowest BCUT2D eigenvalue weighted by molar-refractivity contribution is 0.795. The van der Waals surface area contributed by atoms with Crippen molar-refractivity contribution in [3.8, 4) is 11.1 Å². The summed E-state index contributed by atoms with van der Waals surface area (Å²) in [5.41, 5.74) is 4.48. The van der Waals surface area contributed by atoms with E-state index < -0.39 is 0 Å². The van der Waals surface area contributed by atoms with Gasteiger partial charge in [0.15, 0.2) is 5.96 Å². The van der Waals surface area contributed by atoms with E-state index in [1.54, 1.807) is 13.2 Å². The third-order valence-electron chi connectivity index (χ3n) is 4.01. The van der Waals surface area contributed by atoms with Crippen LogP contribution in [0.15, 0.2) is 77.9 Å². The van der Waals surface area contributed by atoms with Crippen molar-refractivity contribution < 1.29 is 0 Å². The number of pyridine rings is 1. The molecular formula is C21H21ClN4. The average molecular weight is 365 g/mol. The Morgan fingerprint density at radius 2 is 1.65 bits per heavy atom. The number of hydrogen-bond acceptors (Lipinski definition) is 2. The quantitative estimate of drug-likeness (QED) is 0.525. The lowest BCUT2D eigenvalue weighted by Crippen LogP contribution is -2.36. The zero-order valence-corrected chi connectivity index (χ0v) is 15.4. The number of halogens is 1. The van der Waals surface area contributed by atoms with Gasteiger partial charge in [0.1, 0.15) is 0 Å². The van der Waals surface area contributed by atoms with Gasteiger partial charge in [-0.2, -0.15) is 0 Å². The molecule has 4 nitrogen and oxygen atoms in total. The second kappa shape index (κ2) is 9.02. The number of nitrogens with one attached hydrogen (secondary N) is 2. The highest BCUT2D eigenvalue weighted by molar-refractivity contribution is 6.30. The molecule has 1 heterocycles. The van der Waals surface area contributed by atoms with Gasteiger partial charge in [-0.15, -0.1) is 0 Å². The Kier molecular flexibility index (Phi) is 6.23. The molecule has 0 amide bonds. The summed E-state index contributed by atoms with van der Waals surface area (Å²) in [5, 5.41) is 7.38. The van der Waals surface area contributed by atoms with Crippen molar-refractivity contribution in [2.45, 2.75) is 13.1 Å². The topological polar surface area (TPSA) is 49.3 Å². The summed E-state index contributed by atoms with van der Waals surface area (Å²) in [4.78, 5) is 8.59. The number of rotatable bonds is 5. The molecule has 0 bridgehead atoms. The Hall–Kier alpha value is -2.85. The number of nitrogens with zero attached hydrogens (tertiary/aromatic N) is 2. The van der Waals surface area contributed by atoms with Gasteiger partial charge in [-0.1, -0.05) is 54.1 Å². The minimum atomic E-state index is 0.624. The van der Waals surface area contributed by atoms with Gasteiger partial charge in [-0.3, -0.25) is 9.98 Å². The molecule has 0 aliphatic rings. The Morgan fingerprint density at radius 1 is 0.923 bits per heavy atom. The van der Waals surface area contributed by atoms with Gasteiger partial charge in [-0.25, -0.2) is 0 Å². The molecule has 0 spiro atoms. The molecular weight excluding hydrogens is 344 g/mol. The molecule has 0 aliphatic carbocycles. The Labute approximate surface area is 159 Å². The smallest absolute Gasteiger partial charge is 0.191 e. The van der Waals surface area contributed by atoms with E-state index in [1.807, 2.05) is 54.6 Å². The fourth-order valence-electron chi connectivity index (χ4n) is 2.66. The molecule has 0 radical (unpaired) electrons. The number of guanidine groups is 1. The maximum atomic E-state index is 6.00. The van der Waals surface area contributed by atoms with Crippen molar-refractivity contribution in [2.24, 2.45) is 4.99 Å². The van der Waals surface area contributed by atoms with E-state index in [2.05, 4.69) is 32.7 Å². The van der Waals surface area contributed by atoms with E-state index in [-0.39, 0.29) is 0 Å². The maximum absolute atomic E-state index is 6.00. The third kappa shape index (κ3) is 4.83. The van der Waals surface area contributed by atoms with Gasteiger partial charge in [-0.05, 0) is 41.0 Å². The second-order valence-corrected chi connectivity index (χ2v) is 6.20. The fourth-order valence-corrected chi connectivity index (χ4v) is 2.79. The van der Waals surface area contributed by atoms with Crippen LogP contribution in [0.2, 0.25) is 5.02 Å². The van der Waals surface area contributed by atoms with Gasteiger partial charge in [0, 0.05) is 24.8 Å². The molecule has 3 rings (SSSR count). The minimum absolute atomic E-state index is 0.624. The van der Waals surface area contributed by atoms with Crippen molar-refractivity contribution in [1.82, 2.24) is 15.6 Å². The second-order valence-electron chi connectivity index (χ2n) is 5.76. The number of hydrogen-bond donors (Lipinski definition) is 2. The zero-order valence-electron chi connectivity index (χ0n) is 14.6. The summed E-state index contributed by atoms with van der Waals surface area (Å²) in [5.74, 6) is 0.738. The van der Waals surface area contributed by atoms with E-state index in [1.165, 1.54) is 11.1 Å². The van der Waals surface area contributed by atoms with Crippen LogP contribution in [-0.4, -0.2) is 18.0 Å². The van der Waals surface area contributed by atoms with Crippen molar-refractivity contribution in [3.63, 3.8) is 0 Å². The van der Waals surface area contributed by atoms with E-state index in [0.29, 0.717) is 13.1 Å². The van der Waals surface area contributed by atoms with Crippen LogP contribution >= 0.6 is 11.6 Å². The van der Waals surface area contributed by atoms with E-state index in [9.17, 15) is 0 Å². The highest BCUT2D eigenvalue weighted by Crippen LogP contribution is 2.25. The van der Waals surface area contributed by atoms with Crippen molar-refractivity contribution in [1.29, 1.82) is 0 Å². The molecule has 0 unspecified atom stereocenters. The van der Waals surface area contributed by atoms with Gasteiger partial charge in [0.2, 0.25) is 0 Å². The number of aliphatic imine (C=N–C) groups is 1. The summed E-state index contributed by atoms with van der Waals surface area (Å²) >= 11 is 6.00. The predicted molar refractivity (Wildman–Crippen MR) is 108 cm³/mol. The van der Waals surface area contributed by atoms with Crippen LogP contribution in [0.25, 0.3) is 11.1 Å². The molecule has 132 valence electrons. The van der Waals surface area contributed by atoms with Gasteiger partial charge < -0.3 is 10.6 Å². The van der Waals surface area contributed by atoms with Crippen LogP contribution in [0.1, 0.15) is 11.3 Å². The largest absolute Gasteiger partial charge is 0.352 e. The maximum Gasteiger partial charge on any atom is 0.191 e. The molecule has 1 aromatic heterocycles. The lowest BCUT2D eigenvalue weighted by atomic mass is 10.00. The molecule has 0 atom stereocenters. The van der Waals surface area contributed by atoms with Crippen molar-refractivity contribution >= 4 is 17.6 Å².